The van der Waals surface area contributed by atoms with E-state index in [1.807, 2.05) is 6.07 Å². The van der Waals surface area contributed by atoms with Gasteiger partial charge in [0.15, 0.2) is 0 Å². The van der Waals surface area contributed by atoms with Gasteiger partial charge in [-0.1, -0.05) is 36.4 Å². The molecule has 0 saturated heterocycles. The summed E-state index contributed by atoms with van der Waals surface area (Å²) >= 11 is 0. The van der Waals surface area contributed by atoms with Crippen LogP contribution < -0.4 is 0 Å². The summed E-state index contributed by atoms with van der Waals surface area (Å²) in [5.74, 6) is 0. The average Bonchev–Trinajstić information content (AvgIpc) is 2.91. The fourth-order valence-corrected chi connectivity index (χ4v) is 2.85. The van der Waals surface area contributed by atoms with E-state index in [4.69, 9.17) is 0 Å². The summed E-state index contributed by atoms with van der Waals surface area (Å²) in [6.45, 7) is 4.42. The third-order valence-corrected chi connectivity index (χ3v) is 4.23. The zero-order valence-electron chi connectivity index (χ0n) is 13.0. The first-order valence-corrected chi connectivity index (χ1v) is 7.29. The van der Waals surface area contributed by atoms with Gasteiger partial charge in [-0.3, -0.25) is 5.10 Å². The van der Waals surface area contributed by atoms with Crippen molar-refractivity contribution in [2.75, 3.05) is 14.1 Å². The third-order valence-electron chi connectivity index (χ3n) is 4.23. The van der Waals surface area contributed by atoms with Gasteiger partial charge in [0.05, 0.1) is 5.52 Å². The van der Waals surface area contributed by atoms with Crippen LogP contribution in [0.1, 0.15) is 24.1 Å². The maximum Gasteiger partial charge on any atom is 0.100 e. The van der Waals surface area contributed by atoms with Gasteiger partial charge in [-0.25, -0.2) is 0 Å². The fourth-order valence-electron chi connectivity index (χ4n) is 2.85. The van der Waals surface area contributed by atoms with Gasteiger partial charge < -0.3 is 4.90 Å². The molecule has 108 valence electrons. The van der Waals surface area contributed by atoms with Crippen LogP contribution in [0, 0.1) is 6.92 Å². The number of rotatable bonds is 3. The molecular weight excluding hydrogens is 258 g/mol. The maximum atomic E-state index is 4.57. The van der Waals surface area contributed by atoms with Crippen LogP contribution in [0.25, 0.3) is 22.2 Å². The first-order chi connectivity index (χ1) is 10.1. The molecule has 3 heteroatoms. The highest BCUT2D eigenvalue weighted by molar-refractivity contribution is 5.96. The van der Waals surface area contributed by atoms with E-state index in [2.05, 4.69) is 79.4 Å². The Morgan fingerprint density at radius 1 is 1.05 bits per heavy atom. The SMILES string of the molecule is Cc1ccc2[nH]nc(-c3ccccc3)c2c1C(C)N(C)C. The number of aromatic nitrogens is 2. The Morgan fingerprint density at radius 2 is 1.76 bits per heavy atom. The number of nitrogens with zero attached hydrogens (tertiary/aromatic N) is 2. The van der Waals surface area contributed by atoms with E-state index in [1.54, 1.807) is 0 Å². The number of H-pyrrole nitrogens is 1. The van der Waals surface area contributed by atoms with Crippen molar-refractivity contribution in [3.63, 3.8) is 0 Å². The summed E-state index contributed by atoms with van der Waals surface area (Å²) in [6, 6.07) is 15.0. The van der Waals surface area contributed by atoms with Crippen LogP contribution in [0.15, 0.2) is 42.5 Å². The molecule has 0 saturated carbocycles. The molecule has 0 radical (unpaired) electrons. The second-order valence-corrected chi connectivity index (χ2v) is 5.80. The molecule has 0 aliphatic heterocycles. The Kier molecular flexibility index (Phi) is 3.52. The minimum absolute atomic E-state index is 0.341. The molecule has 0 amide bonds. The Bertz CT molecular complexity index is 757. The van der Waals surface area contributed by atoms with E-state index in [9.17, 15) is 0 Å². The van der Waals surface area contributed by atoms with Crippen LogP contribution in [0.2, 0.25) is 0 Å². The second-order valence-electron chi connectivity index (χ2n) is 5.80. The van der Waals surface area contributed by atoms with E-state index < -0.39 is 0 Å². The Hall–Kier alpha value is -2.13. The van der Waals surface area contributed by atoms with Crippen LogP contribution in [0.3, 0.4) is 0 Å². The van der Waals surface area contributed by atoms with Crippen LogP contribution >= 0.6 is 0 Å². The number of nitrogens with one attached hydrogen (secondary N) is 1. The third kappa shape index (κ3) is 2.34. The fraction of sp³-hybridized carbons (Fsp3) is 0.278. The molecule has 0 aliphatic rings. The second kappa shape index (κ2) is 5.34. The molecular formula is C18H21N3. The minimum atomic E-state index is 0.341. The topological polar surface area (TPSA) is 31.9 Å². The van der Waals surface area contributed by atoms with Crippen molar-refractivity contribution in [1.29, 1.82) is 0 Å². The number of benzene rings is 2. The van der Waals surface area contributed by atoms with E-state index in [0.717, 1.165) is 16.8 Å². The van der Waals surface area contributed by atoms with Gasteiger partial charge in [0.1, 0.15) is 5.69 Å². The highest BCUT2D eigenvalue weighted by Gasteiger charge is 2.19. The van der Waals surface area contributed by atoms with Crippen LogP contribution in [0.5, 0.6) is 0 Å². The van der Waals surface area contributed by atoms with Crippen molar-refractivity contribution < 1.29 is 0 Å². The van der Waals surface area contributed by atoms with E-state index >= 15 is 0 Å². The summed E-state index contributed by atoms with van der Waals surface area (Å²) in [7, 11) is 4.23. The summed E-state index contributed by atoms with van der Waals surface area (Å²) in [4.78, 5) is 2.24. The lowest BCUT2D eigenvalue weighted by Crippen LogP contribution is -2.18. The average molecular weight is 279 g/mol. The molecule has 1 N–H and O–H groups in total. The summed E-state index contributed by atoms with van der Waals surface area (Å²) in [5.41, 5.74) is 5.95. The molecule has 1 atom stereocenters. The van der Waals surface area contributed by atoms with Crippen LogP contribution in [-0.2, 0) is 0 Å². The normalized spacial score (nSPS) is 13.0. The number of hydrogen-bond donors (Lipinski definition) is 1. The van der Waals surface area contributed by atoms with Crippen molar-refractivity contribution in [1.82, 2.24) is 15.1 Å². The molecule has 0 spiro atoms. The van der Waals surface area contributed by atoms with Crippen molar-refractivity contribution in [3.8, 4) is 11.3 Å². The molecule has 0 fully saturated rings. The molecule has 3 rings (SSSR count). The van der Waals surface area contributed by atoms with Crippen LogP contribution in [-0.4, -0.2) is 29.2 Å². The molecule has 3 aromatic rings. The number of aryl methyl sites for hydroxylation is 1. The highest BCUT2D eigenvalue weighted by atomic mass is 15.1. The molecule has 21 heavy (non-hydrogen) atoms. The molecule has 2 aromatic carbocycles. The largest absolute Gasteiger partial charge is 0.303 e. The predicted octanol–water partition coefficient (Wildman–Crippen LogP) is 4.16. The smallest absolute Gasteiger partial charge is 0.100 e. The first kappa shape index (κ1) is 13.8. The number of fused-ring (bicyclic) bond motifs is 1. The first-order valence-electron chi connectivity index (χ1n) is 7.29. The van der Waals surface area contributed by atoms with Crippen molar-refractivity contribution in [3.05, 3.63) is 53.6 Å². The number of hydrogen-bond acceptors (Lipinski definition) is 2. The Morgan fingerprint density at radius 3 is 2.43 bits per heavy atom. The van der Waals surface area contributed by atoms with Gasteiger partial charge in [0.2, 0.25) is 0 Å². The Balaban J connectivity index is 2.31. The van der Waals surface area contributed by atoms with E-state index in [-0.39, 0.29) is 0 Å². The molecule has 3 nitrogen and oxygen atoms in total. The Labute approximate surface area is 125 Å². The van der Waals surface area contributed by atoms with E-state index in [0.29, 0.717) is 6.04 Å². The summed E-state index contributed by atoms with van der Waals surface area (Å²) in [5, 5.41) is 8.98. The van der Waals surface area contributed by atoms with Gasteiger partial charge in [0, 0.05) is 17.0 Å². The monoisotopic (exact) mass is 279 g/mol. The van der Waals surface area contributed by atoms with Gasteiger partial charge in [-0.2, -0.15) is 5.10 Å². The lowest BCUT2D eigenvalue weighted by molar-refractivity contribution is 0.322. The van der Waals surface area contributed by atoms with Crippen molar-refractivity contribution in [2.45, 2.75) is 19.9 Å². The number of aromatic amines is 1. The zero-order valence-corrected chi connectivity index (χ0v) is 13.0. The lowest BCUT2D eigenvalue weighted by Gasteiger charge is -2.23. The molecule has 1 heterocycles. The molecule has 1 aromatic heterocycles. The molecule has 1 unspecified atom stereocenters. The standard InChI is InChI=1S/C18H21N3/c1-12-10-11-15-17(16(12)13(2)21(3)4)18(20-19-15)14-8-6-5-7-9-14/h5-11,13H,1-4H3,(H,19,20). The highest BCUT2D eigenvalue weighted by Crippen LogP contribution is 2.35. The van der Waals surface area contributed by atoms with Gasteiger partial charge in [-0.05, 0) is 45.1 Å². The lowest BCUT2D eigenvalue weighted by atomic mass is 9.94. The van der Waals surface area contributed by atoms with E-state index in [1.165, 1.54) is 16.5 Å². The summed E-state index contributed by atoms with van der Waals surface area (Å²) in [6.07, 6.45) is 0. The predicted molar refractivity (Wildman–Crippen MR) is 88.4 cm³/mol. The molecule has 0 aliphatic carbocycles. The summed E-state index contributed by atoms with van der Waals surface area (Å²) < 4.78 is 0. The van der Waals surface area contributed by atoms with Gasteiger partial charge >= 0.3 is 0 Å². The zero-order chi connectivity index (χ0) is 15.0. The molecule has 0 bridgehead atoms. The van der Waals surface area contributed by atoms with Crippen molar-refractivity contribution >= 4 is 10.9 Å². The quantitative estimate of drug-likeness (QED) is 0.780. The van der Waals surface area contributed by atoms with Gasteiger partial charge in [0.25, 0.3) is 0 Å². The van der Waals surface area contributed by atoms with Crippen molar-refractivity contribution in [2.24, 2.45) is 0 Å². The minimum Gasteiger partial charge on any atom is -0.303 e. The van der Waals surface area contributed by atoms with Gasteiger partial charge in [-0.15, -0.1) is 0 Å². The maximum absolute atomic E-state index is 4.57. The van der Waals surface area contributed by atoms with Crippen LogP contribution in [0.4, 0.5) is 0 Å².